The van der Waals surface area contributed by atoms with Crippen LogP contribution in [0.15, 0.2) is 5.22 Å². The molecule has 0 aliphatic heterocycles. The van der Waals surface area contributed by atoms with Gasteiger partial charge in [-0.15, -0.1) is 5.53 Å². The zero-order valence-corrected chi connectivity index (χ0v) is 4.99. The summed E-state index contributed by atoms with van der Waals surface area (Å²) in [5.41, 5.74) is 7.89. The highest BCUT2D eigenvalue weighted by atomic mass is 16.4. The van der Waals surface area contributed by atoms with Gasteiger partial charge in [0, 0.05) is 10.4 Å². The minimum atomic E-state index is -1.36. The summed E-state index contributed by atoms with van der Waals surface area (Å²) in [6.07, 6.45) is 0. The van der Waals surface area contributed by atoms with Gasteiger partial charge in [-0.25, -0.2) is 4.79 Å². The first-order valence-corrected chi connectivity index (χ1v) is 2.32. The molecule has 0 spiro atoms. The third kappa shape index (κ3) is 1.22. The number of carboxylic acids is 1. The van der Waals surface area contributed by atoms with Crippen LogP contribution in [0.2, 0.25) is 0 Å². The normalized spacial score (nSPS) is 8.73. The number of hydrogen-bond acceptors (Lipinski definition) is 5. The van der Waals surface area contributed by atoms with Gasteiger partial charge >= 0.3 is 11.8 Å². The Labute approximate surface area is 58.8 Å². The highest BCUT2D eigenvalue weighted by molar-refractivity contribution is 5.82. The molecule has 0 saturated heterocycles. The summed E-state index contributed by atoms with van der Waals surface area (Å²) in [7, 11) is 0. The van der Waals surface area contributed by atoms with E-state index in [1.165, 1.54) is 0 Å². The van der Waals surface area contributed by atoms with Gasteiger partial charge in [-0.05, 0) is 4.79 Å². The Bertz CT molecular complexity index is 304. The molecule has 0 amide bonds. The van der Waals surface area contributed by atoms with Gasteiger partial charge in [-0.3, -0.25) is 0 Å². The SMILES string of the molecule is [N-]=[N+]=Nn1nnnc1C(=O)O. The molecule has 0 atom stereocenters. The van der Waals surface area contributed by atoms with Gasteiger partial charge < -0.3 is 5.11 Å². The number of carbonyl (C=O) groups is 1. The van der Waals surface area contributed by atoms with Crippen LogP contribution in [-0.2, 0) is 0 Å². The predicted octanol–water partition coefficient (Wildman–Crippen LogP) is -0.555. The maximum absolute atomic E-state index is 10.2. The number of azide groups is 1. The van der Waals surface area contributed by atoms with Gasteiger partial charge in [0.2, 0.25) is 0 Å². The number of aromatic carboxylic acids is 1. The molecule has 1 aromatic heterocycles. The summed E-state index contributed by atoms with van der Waals surface area (Å²) in [6, 6.07) is 0. The molecule has 56 valence electrons. The summed E-state index contributed by atoms with van der Waals surface area (Å²) in [6.45, 7) is 0. The van der Waals surface area contributed by atoms with E-state index in [4.69, 9.17) is 10.6 Å². The van der Waals surface area contributed by atoms with E-state index in [9.17, 15) is 4.79 Å². The van der Waals surface area contributed by atoms with E-state index < -0.39 is 11.8 Å². The molecular weight excluding hydrogens is 154 g/mol. The third-order valence-corrected chi connectivity index (χ3v) is 0.770. The molecule has 0 aliphatic rings. The van der Waals surface area contributed by atoms with Crippen molar-refractivity contribution in [1.82, 2.24) is 20.3 Å². The van der Waals surface area contributed by atoms with Crippen LogP contribution < -0.4 is 0 Å². The molecule has 0 aliphatic carbocycles. The van der Waals surface area contributed by atoms with Gasteiger partial charge in [-0.1, -0.05) is 5.10 Å². The zero-order chi connectivity index (χ0) is 8.27. The summed E-state index contributed by atoms with van der Waals surface area (Å²) in [4.78, 5) is 13.0. The Morgan fingerprint density at radius 1 is 1.82 bits per heavy atom. The van der Waals surface area contributed by atoms with Crippen molar-refractivity contribution in [2.24, 2.45) is 5.22 Å². The van der Waals surface area contributed by atoms with E-state index in [1.54, 1.807) is 0 Å². The molecule has 1 heterocycles. The molecule has 1 N–H and O–H groups in total. The zero-order valence-electron chi connectivity index (χ0n) is 4.99. The monoisotopic (exact) mass is 155 g/mol. The Morgan fingerprint density at radius 3 is 3.09 bits per heavy atom. The Balaban J connectivity index is 3.15. The number of rotatable bonds is 2. The lowest BCUT2D eigenvalue weighted by molar-refractivity contribution is 0.0677. The molecule has 1 aromatic rings. The third-order valence-electron chi connectivity index (χ3n) is 0.770. The van der Waals surface area contributed by atoms with Crippen LogP contribution in [0.4, 0.5) is 0 Å². The average Bonchev–Trinajstić information content (AvgIpc) is 2.36. The molecule has 9 nitrogen and oxygen atoms in total. The molecule has 0 saturated carbocycles. The van der Waals surface area contributed by atoms with Crippen LogP contribution in [0.5, 0.6) is 0 Å². The predicted molar refractivity (Wildman–Crippen MR) is 29.3 cm³/mol. The lowest BCUT2D eigenvalue weighted by Crippen LogP contribution is -2.05. The van der Waals surface area contributed by atoms with Crippen molar-refractivity contribution in [2.75, 3.05) is 0 Å². The average molecular weight is 155 g/mol. The van der Waals surface area contributed by atoms with Crippen molar-refractivity contribution in [2.45, 2.75) is 0 Å². The van der Waals surface area contributed by atoms with Crippen molar-refractivity contribution in [3.05, 3.63) is 16.3 Å². The van der Waals surface area contributed by atoms with Gasteiger partial charge in [-0.2, -0.15) is 4.91 Å². The van der Waals surface area contributed by atoms with Crippen molar-refractivity contribution in [3.8, 4) is 0 Å². The molecule has 0 aromatic carbocycles. The van der Waals surface area contributed by atoms with Gasteiger partial charge in [0.05, 0.1) is 5.21 Å². The second kappa shape index (κ2) is 2.62. The van der Waals surface area contributed by atoms with Crippen LogP contribution in [0.1, 0.15) is 10.6 Å². The van der Waals surface area contributed by atoms with Gasteiger partial charge in [0.15, 0.2) is 0 Å². The van der Waals surface area contributed by atoms with Crippen molar-refractivity contribution < 1.29 is 9.90 Å². The number of nitrogens with zero attached hydrogens (tertiary/aromatic N) is 7. The summed E-state index contributed by atoms with van der Waals surface area (Å²) in [5.74, 6) is -1.88. The molecule has 0 fully saturated rings. The highest BCUT2D eigenvalue weighted by Gasteiger charge is 2.17. The van der Waals surface area contributed by atoms with Crippen LogP contribution in [0.3, 0.4) is 0 Å². The van der Waals surface area contributed by atoms with Crippen molar-refractivity contribution in [1.29, 1.82) is 0 Å². The highest BCUT2D eigenvalue weighted by Crippen LogP contribution is 1.89. The fourth-order valence-electron chi connectivity index (χ4n) is 0.409. The first-order chi connectivity index (χ1) is 5.25. The Morgan fingerprint density at radius 2 is 2.55 bits per heavy atom. The second-order valence-corrected chi connectivity index (χ2v) is 1.38. The van der Waals surface area contributed by atoms with Crippen LogP contribution in [-0.4, -0.2) is 31.4 Å². The summed E-state index contributed by atoms with van der Waals surface area (Å²) >= 11 is 0. The maximum atomic E-state index is 10.2. The van der Waals surface area contributed by atoms with E-state index in [2.05, 4.69) is 25.7 Å². The van der Waals surface area contributed by atoms with Crippen LogP contribution in [0, 0.1) is 0 Å². The first kappa shape index (κ1) is 6.96. The molecule has 0 bridgehead atoms. The van der Waals surface area contributed by atoms with E-state index in [-0.39, 0.29) is 0 Å². The fourth-order valence-corrected chi connectivity index (χ4v) is 0.409. The lowest BCUT2D eigenvalue weighted by atomic mass is 10.6. The molecular formula is C2HN7O2. The minimum absolute atomic E-state index is 0.475. The largest absolute Gasteiger partial charge is 0.474 e. The van der Waals surface area contributed by atoms with E-state index in [1.807, 2.05) is 0 Å². The minimum Gasteiger partial charge on any atom is -0.474 e. The topological polar surface area (TPSA) is 130 Å². The van der Waals surface area contributed by atoms with E-state index >= 15 is 0 Å². The Hall–Kier alpha value is -2.15. The van der Waals surface area contributed by atoms with Crippen LogP contribution >= 0.6 is 0 Å². The second-order valence-electron chi connectivity index (χ2n) is 1.38. The lowest BCUT2D eigenvalue weighted by Gasteiger charge is -1.81. The quantitative estimate of drug-likeness (QED) is 0.347. The molecule has 9 heteroatoms. The van der Waals surface area contributed by atoms with Crippen molar-refractivity contribution in [3.63, 3.8) is 0 Å². The fraction of sp³-hybridized carbons (Fsp3) is 0. The Kier molecular flexibility index (Phi) is 1.66. The first-order valence-electron chi connectivity index (χ1n) is 2.32. The summed E-state index contributed by atoms with van der Waals surface area (Å²) < 4.78 is 0. The number of hydrogen-bond donors (Lipinski definition) is 1. The smallest absolute Gasteiger partial charge is 0.401 e. The number of carboxylic acid groups (broad SMARTS) is 1. The molecule has 1 rings (SSSR count). The molecule has 0 unspecified atom stereocenters. The molecule has 0 radical (unpaired) electrons. The number of tetrazole rings is 1. The number of aromatic nitrogens is 4. The van der Waals surface area contributed by atoms with Crippen molar-refractivity contribution >= 4 is 5.97 Å². The molecule has 11 heavy (non-hydrogen) atoms. The van der Waals surface area contributed by atoms with Gasteiger partial charge in [0.1, 0.15) is 0 Å². The standard InChI is InChI=1S/C2HN7O2/c3-5-7-9-1(2(10)11)4-6-8-9/h(H,10,11). The van der Waals surface area contributed by atoms with E-state index in [0.29, 0.717) is 4.79 Å². The van der Waals surface area contributed by atoms with Crippen LogP contribution in [0.25, 0.3) is 10.4 Å². The van der Waals surface area contributed by atoms with Gasteiger partial charge in [0.25, 0.3) is 0 Å². The maximum Gasteiger partial charge on any atom is 0.401 e. The van der Waals surface area contributed by atoms with E-state index in [0.717, 1.165) is 0 Å². The summed E-state index contributed by atoms with van der Waals surface area (Å²) in [5, 5.41) is 20.3.